The number of Topliss-reactive ketones (excluding diaryl/α,β-unsaturated/α-hetero) is 3. The minimum atomic E-state index is -1.11. The Morgan fingerprint density at radius 1 is 1.00 bits per heavy atom. The molecule has 0 spiro atoms. The number of carbonyl (C=O) groups excluding carboxylic acids is 3. The van der Waals surface area contributed by atoms with Crippen LogP contribution in [0.15, 0.2) is 0 Å². The topological polar surface area (TPSA) is 60.4 Å². The predicted molar refractivity (Wildman–Crippen MR) is 51.0 cm³/mol. The quantitative estimate of drug-likeness (QED) is 0.570. The van der Waals surface area contributed by atoms with Gasteiger partial charge in [-0.2, -0.15) is 0 Å². The highest BCUT2D eigenvalue weighted by molar-refractivity contribution is 6.19. The van der Waals surface area contributed by atoms with Crippen LogP contribution in [0.5, 0.6) is 0 Å². The van der Waals surface area contributed by atoms with Gasteiger partial charge in [0, 0.05) is 20.0 Å². The van der Waals surface area contributed by atoms with Crippen LogP contribution in [0.25, 0.3) is 0 Å². The van der Waals surface area contributed by atoms with E-state index in [0.717, 1.165) is 0 Å². The number of carbonyl (C=O) groups is 3. The first kappa shape index (κ1) is 13.0. The fourth-order valence-corrected chi connectivity index (χ4v) is 1.17. The zero-order valence-corrected chi connectivity index (χ0v) is 8.83. The molecule has 0 N–H and O–H groups in total. The van der Waals surface area contributed by atoms with Crippen LogP contribution >= 0.6 is 0 Å². The zero-order chi connectivity index (χ0) is 11.1. The Hall–Kier alpha value is -1.03. The van der Waals surface area contributed by atoms with Crippen molar-refractivity contribution in [2.45, 2.75) is 26.7 Å². The van der Waals surface area contributed by atoms with E-state index in [1.807, 2.05) is 0 Å². The minimum absolute atomic E-state index is 0.178. The number of hydrogen-bond acceptors (Lipinski definition) is 4. The van der Waals surface area contributed by atoms with E-state index in [0.29, 0.717) is 0 Å². The molecule has 0 aliphatic carbocycles. The largest absolute Gasteiger partial charge is 0.377 e. The van der Waals surface area contributed by atoms with Crippen LogP contribution in [0.2, 0.25) is 0 Å². The third kappa shape index (κ3) is 3.38. The number of hydrogen-bond donors (Lipinski definition) is 0. The number of ketones is 3. The first-order valence-electron chi connectivity index (χ1n) is 4.65. The van der Waals surface area contributed by atoms with Crippen molar-refractivity contribution in [1.29, 1.82) is 0 Å². The third-order valence-electron chi connectivity index (χ3n) is 1.95. The van der Waals surface area contributed by atoms with E-state index in [1.54, 1.807) is 13.8 Å². The molecule has 0 saturated heterocycles. The molecule has 0 aromatic carbocycles. The van der Waals surface area contributed by atoms with E-state index in [-0.39, 0.29) is 31.0 Å². The highest BCUT2D eigenvalue weighted by atomic mass is 16.5. The van der Waals surface area contributed by atoms with Gasteiger partial charge in [-0.25, -0.2) is 0 Å². The van der Waals surface area contributed by atoms with Crippen molar-refractivity contribution >= 4 is 17.3 Å². The van der Waals surface area contributed by atoms with E-state index >= 15 is 0 Å². The molecule has 0 fully saturated rings. The lowest BCUT2D eigenvalue weighted by atomic mass is 9.91. The zero-order valence-electron chi connectivity index (χ0n) is 8.83. The first-order chi connectivity index (χ1) is 6.58. The van der Waals surface area contributed by atoms with Crippen LogP contribution in [0.1, 0.15) is 26.7 Å². The van der Waals surface area contributed by atoms with Crippen molar-refractivity contribution in [2.24, 2.45) is 5.92 Å². The lowest BCUT2D eigenvalue weighted by molar-refractivity contribution is -0.141. The third-order valence-corrected chi connectivity index (χ3v) is 1.95. The summed E-state index contributed by atoms with van der Waals surface area (Å²) in [6, 6.07) is 0. The average Bonchev–Trinajstić information content (AvgIpc) is 2.17. The molecule has 14 heavy (non-hydrogen) atoms. The summed E-state index contributed by atoms with van der Waals surface area (Å²) in [6.07, 6.45) is 0.401. The molecule has 0 radical (unpaired) electrons. The van der Waals surface area contributed by atoms with E-state index in [2.05, 4.69) is 4.74 Å². The van der Waals surface area contributed by atoms with Crippen LogP contribution in [-0.4, -0.2) is 31.1 Å². The van der Waals surface area contributed by atoms with Gasteiger partial charge in [0.2, 0.25) is 0 Å². The molecule has 0 bridgehead atoms. The molecule has 0 amide bonds. The lowest BCUT2D eigenvalue weighted by Gasteiger charge is -2.10. The maximum Gasteiger partial charge on any atom is 0.176 e. The summed E-state index contributed by atoms with van der Waals surface area (Å²) in [4.78, 5) is 34.0. The van der Waals surface area contributed by atoms with Crippen molar-refractivity contribution in [2.75, 3.05) is 13.7 Å². The van der Waals surface area contributed by atoms with Crippen LogP contribution in [0.3, 0.4) is 0 Å². The molecule has 0 unspecified atom stereocenters. The molecular formula is C10H16O4. The van der Waals surface area contributed by atoms with Crippen molar-refractivity contribution < 1.29 is 19.1 Å². The molecule has 4 nitrogen and oxygen atoms in total. The second-order valence-corrected chi connectivity index (χ2v) is 2.97. The Morgan fingerprint density at radius 3 is 1.71 bits per heavy atom. The van der Waals surface area contributed by atoms with Crippen molar-refractivity contribution in [3.05, 3.63) is 0 Å². The summed E-state index contributed by atoms with van der Waals surface area (Å²) in [5, 5.41) is 0. The maximum absolute atomic E-state index is 11.4. The molecule has 0 heterocycles. The highest BCUT2D eigenvalue weighted by Crippen LogP contribution is 2.08. The van der Waals surface area contributed by atoms with Crippen molar-refractivity contribution in [3.8, 4) is 0 Å². The Kier molecular flexibility index (Phi) is 5.95. The van der Waals surface area contributed by atoms with Crippen LogP contribution in [-0.2, 0) is 19.1 Å². The SMILES string of the molecule is CCC(=O)C(C(=O)CC)C(=O)COC. The molecule has 0 rings (SSSR count). The molecule has 0 atom stereocenters. The van der Waals surface area contributed by atoms with Gasteiger partial charge in [-0.15, -0.1) is 0 Å². The van der Waals surface area contributed by atoms with Gasteiger partial charge in [0.05, 0.1) is 0 Å². The van der Waals surface area contributed by atoms with Gasteiger partial charge in [-0.3, -0.25) is 14.4 Å². The van der Waals surface area contributed by atoms with Crippen LogP contribution < -0.4 is 0 Å². The minimum Gasteiger partial charge on any atom is -0.377 e. The standard InChI is InChI=1S/C10H16O4/c1-4-7(11)10(8(12)5-2)9(13)6-14-3/h10H,4-6H2,1-3H3. The Labute approximate surface area is 83.6 Å². The summed E-state index contributed by atoms with van der Waals surface area (Å²) in [6.45, 7) is 3.10. The summed E-state index contributed by atoms with van der Waals surface area (Å²) in [5.74, 6) is -2.19. The second kappa shape index (κ2) is 6.43. The summed E-state index contributed by atoms with van der Waals surface area (Å²) in [7, 11) is 1.36. The van der Waals surface area contributed by atoms with E-state index in [4.69, 9.17) is 0 Å². The first-order valence-corrected chi connectivity index (χ1v) is 4.65. The molecule has 0 saturated carbocycles. The Morgan fingerprint density at radius 2 is 1.43 bits per heavy atom. The molecular weight excluding hydrogens is 184 g/mol. The van der Waals surface area contributed by atoms with Gasteiger partial charge in [-0.05, 0) is 0 Å². The number of methoxy groups -OCH3 is 1. The lowest BCUT2D eigenvalue weighted by Crippen LogP contribution is -2.33. The highest BCUT2D eigenvalue weighted by Gasteiger charge is 2.30. The number of rotatable bonds is 7. The predicted octanol–water partition coefficient (Wildman–Crippen LogP) is 0.776. The molecule has 0 aliphatic rings. The van der Waals surface area contributed by atoms with Gasteiger partial charge in [0.1, 0.15) is 12.5 Å². The van der Waals surface area contributed by atoms with Gasteiger partial charge in [0.25, 0.3) is 0 Å². The molecule has 0 aromatic heterocycles. The summed E-state index contributed by atoms with van der Waals surface area (Å²) >= 11 is 0. The molecule has 0 aliphatic heterocycles. The smallest absolute Gasteiger partial charge is 0.176 e. The van der Waals surface area contributed by atoms with Gasteiger partial charge in [-0.1, -0.05) is 13.8 Å². The molecule has 0 aromatic rings. The van der Waals surface area contributed by atoms with Gasteiger partial charge < -0.3 is 4.74 Å². The monoisotopic (exact) mass is 200 g/mol. The fraction of sp³-hybridized carbons (Fsp3) is 0.700. The van der Waals surface area contributed by atoms with Crippen molar-refractivity contribution in [1.82, 2.24) is 0 Å². The Balaban J connectivity index is 4.63. The van der Waals surface area contributed by atoms with Gasteiger partial charge in [0.15, 0.2) is 17.3 Å². The maximum atomic E-state index is 11.4. The van der Waals surface area contributed by atoms with E-state index in [9.17, 15) is 14.4 Å². The van der Waals surface area contributed by atoms with Crippen LogP contribution in [0, 0.1) is 5.92 Å². The summed E-state index contributed by atoms with van der Waals surface area (Å²) < 4.78 is 4.62. The van der Waals surface area contributed by atoms with E-state index in [1.165, 1.54) is 7.11 Å². The van der Waals surface area contributed by atoms with Crippen LogP contribution in [0.4, 0.5) is 0 Å². The number of ether oxygens (including phenoxy) is 1. The van der Waals surface area contributed by atoms with Crippen molar-refractivity contribution in [3.63, 3.8) is 0 Å². The molecule has 4 heteroatoms. The normalized spacial score (nSPS) is 10.3. The molecule has 80 valence electrons. The second-order valence-electron chi connectivity index (χ2n) is 2.97. The fourth-order valence-electron chi connectivity index (χ4n) is 1.17. The summed E-state index contributed by atoms with van der Waals surface area (Å²) in [5.41, 5.74) is 0. The van der Waals surface area contributed by atoms with E-state index < -0.39 is 11.7 Å². The van der Waals surface area contributed by atoms with Gasteiger partial charge >= 0.3 is 0 Å². The average molecular weight is 200 g/mol. The Bertz CT molecular complexity index is 216.